The molecule has 0 heterocycles. The molecule has 0 spiro atoms. The maximum Gasteiger partial charge on any atom is 0.241 e. The molecule has 3 rings (SSSR count). The van der Waals surface area contributed by atoms with Crippen LogP contribution in [0.25, 0.3) is 0 Å². The van der Waals surface area contributed by atoms with Crippen molar-refractivity contribution in [3.05, 3.63) is 58.4 Å². The van der Waals surface area contributed by atoms with Gasteiger partial charge in [0.2, 0.25) is 15.9 Å². The highest BCUT2D eigenvalue weighted by Crippen LogP contribution is 2.24. The molecule has 2 aromatic carbocycles. The van der Waals surface area contributed by atoms with Gasteiger partial charge in [-0.1, -0.05) is 17.7 Å². The smallest absolute Gasteiger partial charge is 0.241 e. The van der Waals surface area contributed by atoms with E-state index in [2.05, 4.69) is 10.0 Å². The number of hydrogen-bond acceptors (Lipinski definition) is 3. The summed E-state index contributed by atoms with van der Waals surface area (Å²) in [6.07, 6.45) is 3.99. The van der Waals surface area contributed by atoms with E-state index in [0.29, 0.717) is 0 Å². The first-order valence-corrected chi connectivity index (χ1v) is 10.1. The second-order valence-electron chi connectivity index (χ2n) is 6.14. The molecular formula is C18H18ClFN2O3S. The summed E-state index contributed by atoms with van der Waals surface area (Å²) < 4.78 is 40.2. The van der Waals surface area contributed by atoms with Crippen LogP contribution in [0.15, 0.2) is 41.3 Å². The van der Waals surface area contributed by atoms with Crippen molar-refractivity contribution in [1.82, 2.24) is 4.72 Å². The molecule has 2 N–H and O–H groups in total. The van der Waals surface area contributed by atoms with E-state index in [1.807, 2.05) is 6.07 Å². The molecular weight excluding hydrogens is 379 g/mol. The average Bonchev–Trinajstić information content (AvgIpc) is 2.63. The Morgan fingerprint density at radius 3 is 2.54 bits per heavy atom. The number of amides is 1. The second kappa shape index (κ2) is 7.73. The average molecular weight is 397 g/mol. The van der Waals surface area contributed by atoms with E-state index in [-0.39, 0.29) is 15.6 Å². The van der Waals surface area contributed by atoms with E-state index in [1.54, 1.807) is 12.1 Å². The topological polar surface area (TPSA) is 75.3 Å². The van der Waals surface area contributed by atoms with Crippen LogP contribution in [-0.4, -0.2) is 20.9 Å². The van der Waals surface area contributed by atoms with Crippen LogP contribution in [0.4, 0.5) is 10.1 Å². The van der Waals surface area contributed by atoms with Gasteiger partial charge in [0.15, 0.2) is 0 Å². The Bertz CT molecular complexity index is 947. The minimum Gasteiger partial charge on any atom is -0.325 e. The molecule has 5 nitrogen and oxygen atoms in total. The number of carbonyl (C=O) groups is 1. The summed E-state index contributed by atoms with van der Waals surface area (Å²) in [5, 5.41) is 2.34. The van der Waals surface area contributed by atoms with E-state index >= 15 is 0 Å². The Morgan fingerprint density at radius 1 is 1.08 bits per heavy atom. The Kier molecular flexibility index (Phi) is 5.60. The fraction of sp³-hybridized carbons (Fsp3) is 0.278. The Morgan fingerprint density at radius 2 is 1.81 bits per heavy atom. The van der Waals surface area contributed by atoms with Gasteiger partial charge in [0, 0.05) is 5.69 Å². The molecule has 0 fully saturated rings. The molecule has 0 aromatic heterocycles. The molecule has 1 aliphatic rings. The normalized spacial score (nSPS) is 13.9. The van der Waals surface area contributed by atoms with Crippen molar-refractivity contribution in [1.29, 1.82) is 0 Å². The fourth-order valence-electron chi connectivity index (χ4n) is 2.90. The van der Waals surface area contributed by atoms with Gasteiger partial charge < -0.3 is 5.32 Å². The lowest BCUT2D eigenvalue weighted by molar-refractivity contribution is -0.115. The number of sulfonamides is 1. The summed E-state index contributed by atoms with van der Waals surface area (Å²) >= 11 is 5.65. The second-order valence-corrected chi connectivity index (χ2v) is 8.31. The van der Waals surface area contributed by atoms with Gasteiger partial charge in [0.1, 0.15) is 5.82 Å². The number of hydrogen-bond donors (Lipinski definition) is 2. The number of nitrogens with one attached hydrogen (secondary N) is 2. The van der Waals surface area contributed by atoms with Gasteiger partial charge in [-0.05, 0) is 67.1 Å². The summed E-state index contributed by atoms with van der Waals surface area (Å²) in [7, 11) is -3.79. The molecule has 0 saturated carbocycles. The van der Waals surface area contributed by atoms with Crippen LogP contribution < -0.4 is 10.0 Å². The van der Waals surface area contributed by atoms with Gasteiger partial charge in [0.05, 0.1) is 16.5 Å². The van der Waals surface area contributed by atoms with Crippen LogP contribution in [0, 0.1) is 5.82 Å². The quantitative estimate of drug-likeness (QED) is 0.814. The van der Waals surface area contributed by atoms with E-state index < -0.39 is 28.3 Å². The first-order valence-electron chi connectivity index (χ1n) is 8.21. The molecule has 1 amide bonds. The number of halogens is 2. The number of fused-ring (bicyclic) bond motifs is 1. The summed E-state index contributed by atoms with van der Waals surface area (Å²) in [6, 6.07) is 8.79. The van der Waals surface area contributed by atoms with E-state index in [4.69, 9.17) is 11.6 Å². The standard InChI is InChI=1S/C18H18ClFN2O3S/c19-16-10-14(6-8-17(16)20)22-18(23)11-21-26(24,25)15-7-5-12-3-1-2-4-13(12)9-15/h5-10,21H,1-4,11H2,(H,22,23). The summed E-state index contributed by atoms with van der Waals surface area (Å²) in [5.74, 6) is -1.17. The largest absolute Gasteiger partial charge is 0.325 e. The maximum absolute atomic E-state index is 13.1. The summed E-state index contributed by atoms with van der Waals surface area (Å²) in [6.45, 7) is -0.436. The third kappa shape index (κ3) is 4.41. The molecule has 0 unspecified atom stereocenters. The number of carbonyl (C=O) groups excluding carboxylic acids is 1. The molecule has 8 heteroatoms. The van der Waals surface area contributed by atoms with Crippen molar-refractivity contribution in [2.75, 3.05) is 11.9 Å². The molecule has 2 aromatic rings. The monoisotopic (exact) mass is 396 g/mol. The third-order valence-electron chi connectivity index (χ3n) is 4.26. The van der Waals surface area contributed by atoms with Gasteiger partial charge >= 0.3 is 0 Å². The van der Waals surface area contributed by atoms with Crippen molar-refractivity contribution in [3.8, 4) is 0 Å². The van der Waals surface area contributed by atoms with Crippen LogP contribution >= 0.6 is 11.6 Å². The molecule has 0 aliphatic heterocycles. The highest BCUT2D eigenvalue weighted by Gasteiger charge is 2.18. The Hall–Kier alpha value is -1.96. The highest BCUT2D eigenvalue weighted by atomic mass is 35.5. The van der Waals surface area contributed by atoms with Gasteiger partial charge in [-0.15, -0.1) is 0 Å². The van der Waals surface area contributed by atoms with Gasteiger partial charge in [-0.25, -0.2) is 17.5 Å². The first kappa shape index (κ1) is 18.8. The van der Waals surface area contributed by atoms with Crippen LogP contribution in [0.2, 0.25) is 5.02 Å². The Labute approximate surface area is 156 Å². The van der Waals surface area contributed by atoms with Gasteiger partial charge in [-0.2, -0.15) is 0 Å². The predicted molar refractivity (Wildman–Crippen MR) is 98.3 cm³/mol. The molecule has 0 bridgehead atoms. The fourth-order valence-corrected chi connectivity index (χ4v) is 4.11. The zero-order valence-electron chi connectivity index (χ0n) is 13.9. The molecule has 0 saturated heterocycles. The molecule has 26 heavy (non-hydrogen) atoms. The van der Waals surface area contributed by atoms with Gasteiger partial charge in [-0.3, -0.25) is 4.79 Å². The number of benzene rings is 2. The van der Waals surface area contributed by atoms with E-state index in [1.165, 1.54) is 17.7 Å². The van der Waals surface area contributed by atoms with Crippen molar-refractivity contribution >= 4 is 33.2 Å². The maximum atomic E-state index is 13.1. The minimum atomic E-state index is -3.79. The van der Waals surface area contributed by atoms with Gasteiger partial charge in [0.25, 0.3) is 0 Å². The van der Waals surface area contributed by atoms with E-state index in [9.17, 15) is 17.6 Å². The lowest BCUT2D eigenvalue weighted by Gasteiger charge is -2.16. The summed E-state index contributed by atoms with van der Waals surface area (Å²) in [4.78, 5) is 12.1. The van der Waals surface area contributed by atoms with Crippen LogP contribution in [0.5, 0.6) is 0 Å². The van der Waals surface area contributed by atoms with Crippen LogP contribution in [0.1, 0.15) is 24.0 Å². The van der Waals surface area contributed by atoms with E-state index in [0.717, 1.165) is 37.3 Å². The zero-order chi connectivity index (χ0) is 18.7. The predicted octanol–water partition coefficient (Wildman–Crippen LogP) is 3.27. The molecule has 0 atom stereocenters. The molecule has 1 aliphatic carbocycles. The highest BCUT2D eigenvalue weighted by molar-refractivity contribution is 7.89. The Balaban J connectivity index is 1.64. The van der Waals surface area contributed by atoms with Crippen LogP contribution in [0.3, 0.4) is 0 Å². The van der Waals surface area contributed by atoms with Crippen molar-refractivity contribution in [2.24, 2.45) is 0 Å². The zero-order valence-corrected chi connectivity index (χ0v) is 15.5. The van der Waals surface area contributed by atoms with Crippen molar-refractivity contribution in [2.45, 2.75) is 30.6 Å². The number of anilines is 1. The molecule has 138 valence electrons. The number of aryl methyl sites for hydroxylation is 2. The lowest BCUT2D eigenvalue weighted by Crippen LogP contribution is -2.33. The first-order chi connectivity index (χ1) is 12.3. The minimum absolute atomic E-state index is 0.127. The SMILES string of the molecule is O=C(CNS(=O)(=O)c1ccc2c(c1)CCCC2)Nc1ccc(F)c(Cl)c1. The summed E-state index contributed by atoms with van der Waals surface area (Å²) in [5.41, 5.74) is 2.51. The van der Waals surface area contributed by atoms with Crippen molar-refractivity contribution in [3.63, 3.8) is 0 Å². The van der Waals surface area contributed by atoms with Crippen LogP contribution in [-0.2, 0) is 27.7 Å². The third-order valence-corrected chi connectivity index (χ3v) is 5.94. The molecule has 0 radical (unpaired) electrons. The van der Waals surface area contributed by atoms with Crippen molar-refractivity contribution < 1.29 is 17.6 Å². The lowest BCUT2D eigenvalue weighted by atomic mass is 9.92. The number of rotatable bonds is 5.